The lowest BCUT2D eigenvalue weighted by atomic mass is 10.1. The fourth-order valence-electron chi connectivity index (χ4n) is 1.67. The lowest BCUT2D eigenvalue weighted by Crippen LogP contribution is -2.02. The Bertz CT molecular complexity index is 542. The van der Waals surface area contributed by atoms with E-state index in [1.165, 1.54) is 11.0 Å². The number of nitrogens with two attached hydrogens (primary N) is 1. The zero-order valence-corrected chi connectivity index (χ0v) is 11.5. The Morgan fingerprint density at radius 3 is 2.47 bits per heavy atom. The summed E-state index contributed by atoms with van der Waals surface area (Å²) in [5.41, 5.74) is 6.78. The van der Waals surface area contributed by atoms with Crippen LogP contribution in [0.15, 0.2) is 47.4 Å². The highest BCUT2D eigenvalue weighted by Crippen LogP contribution is 2.20. The number of halogens is 1. The molecule has 100 valence electrons. The van der Waals surface area contributed by atoms with Crippen molar-refractivity contribution in [2.24, 2.45) is 5.73 Å². The number of rotatable bonds is 5. The monoisotopic (exact) mass is 277 g/mol. The van der Waals surface area contributed by atoms with Crippen molar-refractivity contribution >= 4 is 11.8 Å². The van der Waals surface area contributed by atoms with E-state index in [0.29, 0.717) is 12.1 Å². The second kappa shape index (κ2) is 6.59. The molecule has 0 radical (unpaired) electrons. The molecular weight excluding hydrogens is 261 g/mol. The third-order valence-electron chi connectivity index (χ3n) is 2.81. The van der Waals surface area contributed by atoms with Gasteiger partial charge in [-0.25, -0.2) is 4.39 Å². The van der Waals surface area contributed by atoms with Gasteiger partial charge in [0.2, 0.25) is 0 Å². The first-order valence-electron chi connectivity index (χ1n) is 5.97. The molecule has 19 heavy (non-hydrogen) atoms. The molecule has 0 spiro atoms. The molecule has 2 aromatic rings. The van der Waals surface area contributed by atoms with Crippen LogP contribution in [0.25, 0.3) is 0 Å². The average molecular weight is 277 g/mol. The van der Waals surface area contributed by atoms with Crippen LogP contribution in [0.1, 0.15) is 11.1 Å². The second-order valence-electron chi connectivity index (χ2n) is 4.09. The molecule has 0 aliphatic rings. The summed E-state index contributed by atoms with van der Waals surface area (Å²) in [5, 5.41) is 0. The maximum atomic E-state index is 13.7. The molecule has 0 atom stereocenters. The molecule has 0 unspecified atom stereocenters. The molecule has 0 fully saturated rings. The Morgan fingerprint density at radius 2 is 1.89 bits per heavy atom. The topological polar surface area (TPSA) is 35.2 Å². The van der Waals surface area contributed by atoms with Gasteiger partial charge >= 0.3 is 0 Å². The Morgan fingerprint density at radius 1 is 1.16 bits per heavy atom. The van der Waals surface area contributed by atoms with Gasteiger partial charge in [0.25, 0.3) is 0 Å². The Labute approximate surface area is 116 Å². The van der Waals surface area contributed by atoms with Gasteiger partial charge in [-0.05, 0) is 42.2 Å². The van der Waals surface area contributed by atoms with Crippen molar-refractivity contribution < 1.29 is 9.13 Å². The van der Waals surface area contributed by atoms with Crippen LogP contribution in [0.2, 0.25) is 0 Å². The minimum atomic E-state index is -0.274. The highest BCUT2D eigenvalue weighted by atomic mass is 32.2. The largest absolute Gasteiger partial charge is 0.489 e. The third kappa shape index (κ3) is 3.72. The van der Waals surface area contributed by atoms with Crippen molar-refractivity contribution in [3.05, 3.63) is 59.4 Å². The number of ether oxygens (including phenoxy) is 1. The van der Waals surface area contributed by atoms with Gasteiger partial charge in [0, 0.05) is 17.0 Å². The minimum absolute atomic E-state index is 0.218. The Hall–Kier alpha value is -1.52. The summed E-state index contributed by atoms with van der Waals surface area (Å²) in [6.07, 6.45) is 2.02. The van der Waals surface area contributed by atoms with E-state index in [0.717, 1.165) is 11.3 Å². The average Bonchev–Trinajstić information content (AvgIpc) is 2.46. The fourth-order valence-corrected chi connectivity index (χ4v) is 2.08. The van der Waals surface area contributed by atoms with Crippen molar-refractivity contribution in [1.82, 2.24) is 0 Å². The summed E-state index contributed by atoms with van der Waals surface area (Å²) in [4.78, 5) is 1.17. The first kappa shape index (κ1) is 13.9. The van der Waals surface area contributed by atoms with Gasteiger partial charge in [-0.3, -0.25) is 0 Å². The summed E-state index contributed by atoms with van der Waals surface area (Å²) in [6.45, 7) is 0.559. The van der Waals surface area contributed by atoms with Crippen molar-refractivity contribution in [3.63, 3.8) is 0 Å². The molecule has 0 heterocycles. The molecule has 2 aromatic carbocycles. The smallest absolute Gasteiger partial charge is 0.130 e. The first-order chi connectivity index (χ1) is 9.22. The van der Waals surface area contributed by atoms with Crippen LogP contribution in [-0.2, 0) is 13.2 Å². The summed E-state index contributed by atoms with van der Waals surface area (Å²) < 4.78 is 19.3. The molecule has 0 amide bonds. The van der Waals surface area contributed by atoms with E-state index in [-0.39, 0.29) is 12.4 Å². The zero-order valence-electron chi connectivity index (χ0n) is 10.7. The number of thioether (sulfide) groups is 1. The molecule has 4 heteroatoms. The van der Waals surface area contributed by atoms with Crippen LogP contribution < -0.4 is 10.5 Å². The normalized spacial score (nSPS) is 10.5. The first-order valence-corrected chi connectivity index (χ1v) is 7.19. The molecule has 0 aromatic heterocycles. The predicted octanol–water partition coefficient (Wildman–Crippen LogP) is 3.59. The fraction of sp³-hybridized carbons (Fsp3) is 0.200. The van der Waals surface area contributed by atoms with E-state index in [9.17, 15) is 4.39 Å². The quantitative estimate of drug-likeness (QED) is 0.848. The van der Waals surface area contributed by atoms with Crippen LogP contribution >= 0.6 is 11.8 Å². The number of hydrogen-bond acceptors (Lipinski definition) is 3. The van der Waals surface area contributed by atoms with Crippen LogP contribution in [0.3, 0.4) is 0 Å². The third-order valence-corrected chi connectivity index (χ3v) is 3.55. The van der Waals surface area contributed by atoms with E-state index in [1.807, 2.05) is 36.6 Å². The molecule has 0 aliphatic carbocycles. The van der Waals surface area contributed by atoms with Crippen LogP contribution in [0.5, 0.6) is 5.75 Å². The lowest BCUT2D eigenvalue weighted by molar-refractivity contribution is 0.299. The summed E-state index contributed by atoms with van der Waals surface area (Å²) in [5.74, 6) is 0.462. The van der Waals surface area contributed by atoms with E-state index in [2.05, 4.69) is 0 Å². The van der Waals surface area contributed by atoms with Crippen LogP contribution in [0, 0.1) is 5.82 Å². The summed E-state index contributed by atoms with van der Waals surface area (Å²) >= 11 is 1.67. The van der Waals surface area contributed by atoms with Crippen molar-refractivity contribution in [3.8, 4) is 5.75 Å². The van der Waals surface area contributed by atoms with E-state index in [4.69, 9.17) is 10.5 Å². The molecule has 2 rings (SSSR count). The van der Waals surface area contributed by atoms with Crippen molar-refractivity contribution in [2.45, 2.75) is 18.0 Å². The van der Waals surface area contributed by atoms with Gasteiger partial charge in [0.05, 0.1) is 0 Å². The van der Waals surface area contributed by atoms with E-state index >= 15 is 0 Å². The van der Waals surface area contributed by atoms with E-state index < -0.39 is 0 Å². The van der Waals surface area contributed by atoms with Gasteiger partial charge in [-0.15, -0.1) is 11.8 Å². The SMILES string of the molecule is CSc1ccc(OCc2ccc(CN)cc2F)cc1. The van der Waals surface area contributed by atoms with Gasteiger partial charge < -0.3 is 10.5 Å². The molecule has 0 saturated heterocycles. The number of benzene rings is 2. The molecule has 0 saturated carbocycles. The molecule has 0 bridgehead atoms. The molecular formula is C15H16FNOS. The van der Waals surface area contributed by atoms with E-state index in [1.54, 1.807) is 17.8 Å². The standard InChI is InChI=1S/C15H16FNOS/c1-19-14-6-4-13(5-7-14)18-10-12-3-2-11(9-17)8-15(12)16/h2-8H,9-10,17H2,1H3. The summed E-state index contributed by atoms with van der Waals surface area (Å²) in [7, 11) is 0. The lowest BCUT2D eigenvalue weighted by Gasteiger charge is -2.08. The van der Waals surface area contributed by atoms with Crippen molar-refractivity contribution in [1.29, 1.82) is 0 Å². The van der Waals surface area contributed by atoms with Crippen LogP contribution in [-0.4, -0.2) is 6.26 Å². The van der Waals surface area contributed by atoms with Gasteiger partial charge in [0.1, 0.15) is 18.2 Å². The van der Waals surface area contributed by atoms with Crippen molar-refractivity contribution in [2.75, 3.05) is 6.26 Å². The van der Waals surface area contributed by atoms with Gasteiger partial charge in [0.15, 0.2) is 0 Å². The maximum absolute atomic E-state index is 13.7. The highest BCUT2D eigenvalue weighted by molar-refractivity contribution is 7.98. The van der Waals surface area contributed by atoms with Crippen LogP contribution in [0.4, 0.5) is 4.39 Å². The Balaban J connectivity index is 2.01. The maximum Gasteiger partial charge on any atom is 0.130 e. The highest BCUT2D eigenvalue weighted by Gasteiger charge is 2.04. The van der Waals surface area contributed by atoms with Gasteiger partial charge in [-0.1, -0.05) is 12.1 Å². The molecule has 0 aliphatic heterocycles. The molecule has 2 N–H and O–H groups in total. The molecule has 2 nitrogen and oxygen atoms in total. The summed E-state index contributed by atoms with van der Waals surface area (Å²) in [6, 6.07) is 12.7. The minimum Gasteiger partial charge on any atom is -0.489 e. The second-order valence-corrected chi connectivity index (χ2v) is 4.97. The van der Waals surface area contributed by atoms with Gasteiger partial charge in [-0.2, -0.15) is 0 Å². The predicted molar refractivity (Wildman–Crippen MR) is 76.8 cm³/mol. The number of hydrogen-bond donors (Lipinski definition) is 1. The Kier molecular flexibility index (Phi) is 4.82. The zero-order chi connectivity index (χ0) is 13.7.